The number of halogens is 1. The summed E-state index contributed by atoms with van der Waals surface area (Å²) in [7, 11) is 0. The van der Waals surface area contributed by atoms with Crippen molar-refractivity contribution in [3.8, 4) is 0 Å². The summed E-state index contributed by atoms with van der Waals surface area (Å²) in [4.78, 5) is 31.5. The van der Waals surface area contributed by atoms with Crippen molar-refractivity contribution in [3.05, 3.63) is 41.2 Å². The third kappa shape index (κ3) is 4.07. The van der Waals surface area contributed by atoms with E-state index in [1.54, 1.807) is 31.3 Å². The Kier molecular flexibility index (Phi) is 5.50. The van der Waals surface area contributed by atoms with E-state index in [4.69, 9.17) is 23.1 Å². The van der Waals surface area contributed by atoms with E-state index < -0.39 is 17.9 Å². The molecule has 6 N–H and O–H groups in total. The zero-order chi connectivity index (χ0) is 20.3. The van der Waals surface area contributed by atoms with Crippen LogP contribution in [0.1, 0.15) is 23.8 Å². The lowest BCUT2D eigenvalue weighted by Crippen LogP contribution is -2.35. The lowest BCUT2D eigenvalue weighted by Gasteiger charge is -2.15. The van der Waals surface area contributed by atoms with Crippen molar-refractivity contribution < 1.29 is 9.59 Å². The highest BCUT2D eigenvalue weighted by Crippen LogP contribution is 2.28. The molecule has 2 amide bonds. The summed E-state index contributed by atoms with van der Waals surface area (Å²) in [5.41, 5.74) is 11.7. The van der Waals surface area contributed by atoms with Gasteiger partial charge in [-0.3, -0.25) is 14.6 Å². The first-order valence-corrected chi connectivity index (χ1v) is 8.68. The first-order chi connectivity index (χ1) is 13.4. The molecule has 0 saturated carbocycles. The highest BCUT2D eigenvalue weighted by Gasteiger charge is 2.18. The molecule has 10 nitrogen and oxygen atoms in total. The molecule has 0 aliphatic carbocycles. The van der Waals surface area contributed by atoms with E-state index >= 15 is 0 Å². The molecule has 1 aromatic carbocycles. The quantitative estimate of drug-likeness (QED) is 0.464. The predicted molar refractivity (Wildman–Crippen MR) is 105 cm³/mol. The Labute approximate surface area is 164 Å². The number of benzene rings is 1. The van der Waals surface area contributed by atoms with E-state index in [9.17, 15) is 9.59 Å². The van der Waals surface area contributed by atoms with Gasteiger partial charge in [0.05, 0.1) is 10.5 Å². The van der Waals surface area contributed by atoms with Crippen LogP contribution in [-0.4, -0.2) is 38.0 Å². The van der Waals surface area contributed by atoms with Gasteiger partial charge in [-0.25, -0.2) is 0 Å². The fourth-order valence-corrected chi connectivity index (χ4v) is 2.80. The molecule has 11 heteroatoms. The van der Waals surface area contributed by atoms with E-state index in [2.05, 4.69) is 30.8 Å². The summed E-state index contributed by atoms with van der Waals surface area (Å²) in [5.74, 6) is -1.30. The molecule has 0 fully saturated rings. The van der Waals surface area contributed by atoms with E-state index in [0.29, 0.717) is 22.6 Å². The molecular formula is C17H17ClN8O2. The maximum Gasteiger partial charge on any atom is 0.273 e. The van der Waals surface area contributed by atoms with Gasteiger partial charge in [-0.1, -0.05) is 24.6 Å². The Morgan fingerprint density at radius 2 is 2.04 bits per heavy atom. The van der Waals surface area contributed by atoms with Gasteiger partial charge in [0, 0.05) is 17.3 Å². The van der Waals surface area contributed by atoms with Crippen LogP contribution in [0.2, 0.25) is 5.02 Å². The van der Waals surface area contributed by atoms with Gasteiger partial charge in [0.25, 0.3) is 5.91 Å². The molecule has 0 radical (unpaired) electrons. The summed E-state index contributed by atoms with van der Waals surface area (Å²) in [6.07, 6.45) is 2.06. The SMILES string of the molecule is CC[C@@H](Nc1nnc(C(N)=O)c(Nc2cc(Cl)c3ncccc3c2)n1)C(N)=O. The number of nitrogens with zero attached hydrogens (tertiary/aromatic N) is 4. The summed E-state index contributed by atoms with van der Waals surface area (Å²) in [6.45, 7) is 1.78. The zero-order valence-corrected chi connectivity index (χ0v) is 15.6. The number of pyridine rings is 1. The summed E-state index contributed by atoms with van der Waals surface area (Å²) >= 11 is 6.28. The lowest BCUT2D eigenvalue weighted by atomic mass is 10.2. The molecular weight excluding hydrogens is 384 g/mol. The van der Waals surface area contributed by atoms with Crippen LogP contribution in [0.4, 0.5) is 17.5 Å². The van der Waals surface area contributed by atoms with Crippen LogP contribution >= 0.6 is 11.6 Å². The van der Waals surface area contributed by atoms with Crippen molar-refractivity contribution in [3.63, 3.8) is 0 Å². The predicted octanol–water partition coefficient (Wildman–Crippen LogP) is 1.59. The maximum atomic E-state index is 11.7. The van der Waals surface area contributed by atoms with Crippen molar-refractivity contribution in [2.45, 2.75) is 19.4 Å². The van der Waals surface area contributed by atoms with Gasteiger partial charge in [0.1, 0.15) is 6.04 Å². The van der Waals surface area contributed by atoms with Gasteiger partial charge in [0.2, 0.25) is 11.9 Å². The summed E-state index contributed by atoms with van der Waals surface area (Å²) in [6, 6.07) is 6.36. The van der Waals surface area contributed by atoms with Crippen LogP contribution in [0.3, 0.4) is 0 Å². The minimum atomic E-state index is -0.815. The molecule has 0 spiro atoms. The highest BCUT2D eigenvalue weighted by atomic mass is 35.5. The number of anilines is 3. The molecule has 0 aliphatic heterocycles. The summed E-state index contributed by atoms with van der Waals surface area (Å²) < 4.78 is 0. The van der Waals surface area contributed by atoms with Gasteiger partial charge in [-0.15, -0.1) is 10.2 Å². The number of aromatic nitrogens is 4. The van der Waals surface area contributed by atoms with Gasteiger partial charge >= 0.3 is 0 Å². The van der Waals surface area contributed by atoms with Crippen LogP contribution in [0.15, 0.2) is 30.5 Å². The molecule has 28 heavy (non-hydrogen) atoms. The zero-order valence-electron chi connectivity index (χ0n) is 14.8. The number of rotatable bonds is 7. The number of nitrogens with one attached hydrogen (secondary N) is 2. The molecule has 0 saturated heterocycles. The number of nitrogens with two attached hydrogens (primary N) is 2. The topological polar surface area (TPSA) is 162 Å². The lowest BCUT2D eigenvalue weighted by molar-refractivity contribution is -0.118. The molecule has 2 aromatic heterocycles. The van der Waals surface area contributed by atoms with Crippen molar-refractivity contribution in [1.29, 1.82) is 0 Å². The molecule has 3 rings (SSSR count). The number of fused-ring (bicyclic) bond motifs is 1. The normalized spacial score (nSPS) is 11.8. The third-order valence-corrected chi connectivity index (χ3v) is 4.18. The largest absolute Gasteiger partial charge is 0.368 e. The van der Waals surface area contributed by atoms with Crippen molar-refractivity contribution in [2.24, 2.45) is 11.5 Å². The molecule has 1 atom stereocenters. The number of hydrogen-bond donors (Lipinski definition) is 4. The Balaban J connectivity index is 1.98. The second-order valence-corrected chi connectivity index (χ2v) is 6.27. The van der Waals surface area contributed by atoms with E-state index in [-0.39, 0.29) is 17.5 Å². The molecule has 3 aromatic rings. The number of hydrogen-bond acceptors (Lipinski definition) is 8. The van der Waals surface area contributed by atoms with Crippen molar-refractivity contribution in [2.75, 3.05) is 10.6 Å². The molecule has 0 aliphatic rings. The standard InChI is InChI=1S/C17H17ClN8O2/c1-2-11(14(19)27)23-17-24-16(13(15(20)28)25-26-17)22-9-6-8-4-3-5-21-12(8)10(18)7-9/h3-7,11H,2H2,1H3,(H2,19,27)(H2,20,28)(H2,22,23,24,26)/t11-/m1/s1. The third-order valence-electron chi connectivity index (χ3n) is 3.90. The highest BCUT2D eigenvalue weighted by molar-refractivity contribution is 6.35. The fourth-order valence-electron chi connectivity index (χ4n) is 2.53. The Hall–Kier alpha value is -3.53. The minimum absolute atomic E-state index is 0.0201. The monoisotopic (exact) mass is 400 g/mol. The van der Waals surface area contributed by atoms with E-state index in [1.807, 2.05) is 6.07 Å². The van der Waals surface area contributed by atoms with Crippen LogP contribution in [0.5, 0.6) is 0 Å². The average Bonchev–Trinajstić information content (AvgIpc) is 2.66. The second-order valence-electron chi connectivity index (χ2n) is 5.86. The minimum Gasteiger partial charge on any atom is -0.368 e. The Bertz CT molecular complexity index is 1060. The second kappa shape index (κ2) is 8.01. The van der Waals surface area contributed by atoms with Crippen molar-refractivity contribution in [1.82, 2.24) is 20.2 Å². The molecule has 2 heterocycles. The number of carbonyl (C=O) groups excluding carboxylic acids is 2. The number of amides is 2. The van der Waals surface area contributed by atoms with E-state index in [1.165, 1.54) is 0 Å². The first-order valence-electron chi connectivity index (χ1n) is 8.30. The van der Waals surface area contributed by atoms with Crippen LogP contribution in [0, 0.1) is 0 Å². The van der Waals surface area contributed by atoms with Gasteiger partial charge in [-0.05, 0) is 24.6 Å². The molecule has 0 bridgehead atoms. The first kappa shape index (κ1) is 19.2. The fraction of sp³-hybridized carbons (Fsp3) is 0.176. The van der Waals surface area contributed by atoms with Gasteiger partial charge in [0.15, 0.2) is 11.5 Å². The summed E-state index contributed by atoms with van der Waals surface area (Å²) in [5, 5.41) is 14.5. The van der Waals surface area contributed by atoms with Crippen molar-refractivity contribution >= 4 is 51.8 Å². The van der Waals surface area contributed by atoms with Gasteiger partial charge < -0.3 is 22.1 Å². The Morgan fingerprint density at radius 3 is 2.71 bits per heavy atom. The number of primary amides is 2. The van der Waals surface area contributed by atoms with E-state index in [0.717, 1.165) is 5.39 Å². The van der Waals surface area contributed by atoms with Crippen LogP contribution in [-0.2, 0) is 4.79 Å². The maximum absolute atomic E-state index is 11.7. The van der Waals surface area contributed by atoms with Crippen LogP contribution < -0.4 is 22.1 Å². The number of carbonyl (C=O) groups is 2. The van der Waals surface area contributed by atoms with Gasteiger partial charge in [-0.2, -0.15) is 4.98 Å². The Morgan fingerprint density at radius 1 is 1.25 bits per heavy atom. The molecule has 144 valence electrons. The average molecular weight is 401 g/mol. The molecule has 0 unspecified atom stereocenters. The smallest absolute Gasteiger partial charge is 0.273 e. The van der Waals surface area contributed by atoms with Crippen LogP contribution in [0.25, 0.3) is 10.9 Å².